The number of carbonyl (C=O) groups is 2. The molecule has 23 heavy (non-hydrogen) atoms. The van der Waals surface area contributed by atoms with Gasteiger partial charge >= 0.3 is 12.2 Å². The van der Waals surface area contributed by atoms with E-state index >= 15 is 0 Å². The molecule has 0 unspecified atom stereocenters. The van der Waals surface area contributed by atoms with E-state index < -0.39 is 20.5 Å². The average molecular weight is 345 g/mol. The Morgan fingerprint density at radius 1 is 0.870 bits per heavy atom. The molecule has 0 N–H and O–H groups in total. The van der Waals surface area contributed by atoms with Crippen LogP contribution in [0.1, 0.15) is 67.7 Å². The lowest BCUT2D eigenvalue weighted by Crippen LogP contribution is -2.48. The van der Waals surface area contributed by atoms with Gasteiger partial charge in [0.2, 0.25) is 0 Å². The molecule has 2 amide bonds. The predicted molar refractivity (Wildman–Crippen MR) is 93.3 cm³/mol. The molecule has 0 fully saturated rings. The van der Waals surface area contributed by atoms with Crippen LogP contribution in [0.2, 0.25) is 16.6 Å². The van der Waals surface area contributed by atoms with Crippen LogP contribution in [-0.4, -0.2) is 27.1 Å². The number of unbranched alkanes of at least 4 members (excludes halogenated alkanes) is 2. The Hall–Kier alpha value is -1.24. The third-order valence-electron chi connectivity index (χ3n) is 4.16. The van der Waals surface area contributed by atoms with E-state index in [0.29, 0.717) is 6.61 Å². The summed E-state index contributed by atoms with van der Waals surface area (Å²) in [6.45, 7) is 14.8. The maximum absolute atomic E-state index is 12.0. The zero-order valence-corrected chi connectivity index (χ0v) is 16.6. The van der Waals surface area contributed by atoms with Crippen LogP contribution in [0, 0.1) is 0 Å². The molecule has 0 bridgehead atoms. The summed E-state index contributed by atoms with van der Waals surface area (Å²) in [6, 6.07) is 0. The lowest BCUT2D eigenvalue weighted by molar-refractivity contribution is 0.151. The normalized spacial score (nSPS) is 12.4. The standard InChI is InChI=1S/C16H32N2O4Si/c1-8-9-10-11-21-15(19)17-18-16(20)22-23(12(2)3,13(4)5)14(6)7/h12-14H,8-11H2,1-7H3. The lowest BCUT2D eigenvalue weighted by atomic mass is 10.3. The molecule has 0 aromatic carbocycles. The molecule has 0 aliphatic carbocycles. The predicted octanol–water partition coefficient (Wildman–Crippen LogP) is 6.08. The molecule has 0 saturated carbocycles. The molecule has 0 aromatic rings. The molecule has 7 heteroatoms. The quantitative estimate of drug-likeness (QED) is 0.304. The van der Waals surface area contributed by atoms with Crippen LogP contribution in [-0.2, 0) is 9.16 Å². The van der Waals surface area contributed by atoms with Crippen LogP contribution in [0.5, 0.6) is 0 Å². The summed E-state index contributed by atoms with van der Waals surface area (Å²) in [7, 11) is -2.35. The first-order valence-corrected chi connectivity index (χ1v) is 10.6. The minimum absolute atomic E-state index is 0.252. The van der Waals surface area contributed by atoms with Crippen molar-refractivity contribution in [3.63, 3.8) is 0 Å². The second kappa shape index (κ2) is 10.5. The van der Waals surface area contributed by atoms with Crippen LogP contribution in [0.15, 0.2) is 10.2 Å². The van der Waals surface area contributed by atoms with Crippen molar-refractivity contribution >= 4 is 20.5 Å². The topological polar surface area (TPSA) is 77.3 Å². The summed E-state index contributed by atoms with van der Waals surface area (Å²) in [5.41, 5.74) is 0.757. The van der Waals surface area contributed by atoms with E-state index in [2.05, 4.69) is 58.7 Å². The summed E-state index contributed by atoms with van der Waals surface area (Å²) in [5, 5.41) is 6.67. The third-order valence-corrected chi connectivity index (χ3v) is 10.1. The molecular formula is C16H32N2O4Si. The summed E-state index contributed by atoms with van der Waals surface area (Å²) in [4.78, 5) is 23.4. The van der Waals surface area contributed by atoms with Crippen LogP contribution in [0.4, 0.5) is 9.59 Å². The maximum atomic E-state index is 12.0. The SMILES string of the molecule is CCCCCOC(=O)N=NC(=O)O[Si](C(C)C)(C(C)C)C(C)C. The Labute approximate surface area is 141 Å². The fourth-order valence-electron chi connectivity index (χ4n) is 3.15. The minimum Gasteiger partial charge on any atom is -0.500 e. The van der Waals surface area contributed by atoms with Crippen molar-refractivity contribution in [2.24, 2.45) is 10.2 Å². The zero-order valence-electron chi connectivity index (χ0n) is 15.6. The number of amides is 2. The van der Waals surface area contributed by atoms with Gasteiger partial charge < -0.3 is 9.16 Å². The number of nitrogens with zero attached hydrogens (tertiary/aromatic N) is 2. The van der Waals surface area contributed by atoms with Crippen molar-refractivity contribution in [3.05, 3.63) is 0 Å². The highest BCUT2D eigenvalue weighted by Crippen LogP contribution is 2.42. The molecule has 0 aliphatic heterocycles. The number of azo groups is 1. The van der Waals surface area contributed by atoms with Gasteiger partial charge in [-0.15, -0.1) is 0 Å². The molecule has 134 valence electrons. The number of carbonyl (C=O) groups excluding carboxylic acids is 2. The zero-order chi connectivity index (χ0) is 18.0. The van der Waals surface area contributed by atoms with Crippen molar-refractivity contribution in [1.29, 1.82) is 0 Å². The van der Waals surface area contributed by atoms with E-state index in [1.165, 1.54) is 0 Å². The maximum Gasteiger partial charge on any atom is 0.452 e. The highest BCUT2D eigenvalue weighted by atomic mass is 28.4. The fourth-order valence-corrected chi connectivity index (χ4v) is 8.20. The number of ether oxygens (including phenoxy) is 1. The largest absolute Gasteiger partial charge is 0.500 e. The molecule has 0 saturated heterocycles. The van der Waals surface area contributed by atoms with E-state index in [-0.39, 0.29) is 16.6 Å². The van der Waals surface area contributed by atoms with E-state index in [1.807, 2.05) is 0 Å². The highest BCUT2D eigenvalue weighted by Gasteiger charge is 2.48. The van der Waals surface area contributed by atoms with Gasteiger partial charge in [0.25, 0.3) is 8.32 Å². The monoisotopic (exact) mass is 344 g/mol. The van der Waals surface area contributed by atoms with Gasteiger partial charge in [-0.25, -0.2) is 9.59 Å². The molecule has 0 radical (unpaired) electrons. The van der Waals surface area contributed by atoms with Crippen LogP contribution >= 0.6 is 0 Å². The minimum atomic E-state index is -2.35. The Bertz CT molecular complexity index is 387. The van der Waals surface area contributed by atoms with Gasteiger partial charge in [-0.2, -0.15) is 0 Å². The van der Waals surface area contributed by atoms with Crippen molar-refractivity contribution in [3.8, 4) is 0 Å². The summed E-state index contributed by atoms with van der Waals surface area (Å²) >= 11 is 0. The van der Waals surface area contributed by atoms with E-state index in [9.17, 15) is 9.59 Å². The molecule has 0 heterocycles. The number of hydrogen-bond acceptors (Lipinski definition) is 4. The Morgan fingerprint density at radius 2 is 1.35 bits per heavy atom. The van der Waals surface area contributed by atoms with Crippen LogP contribution in [0.3, 0.4) is 0 Å². The van der Waals surface area contributed by atoms with Gasteiger partial charge in [0.05, 0.1) is 6.61 Å². The number of rotatable bonds is 8. The molecule has 0 aliphatic rings. The van der Waals surface area contributed by atoms with Crippen molar-refractivity contribution in [1.82, 2.24) is 0 Å². The first kappa shape index (κ1) is 21.8. The second-order valence-electron chi connectivity index (χ2n) is 6.71. The summed E-state index contributed by atoms with van der Waals surface area (Å²) in [6.07, 6.45) is 1.17. The van der Waals surface area contributed by atoms with Gasteiger partial charge in [-0.1, -0.05) is 71.5 Å². The lowest BCUT2D eigenvalue weighted by Gasteiger charge is -2.40. The van der Waals surface area contributed by atoms with Crippen LogP contribution < -0.4 is 0 Å². The third kappa shape index (κ3) is 6.81. The average Bonchev–Trinajstić information content (AvgIpc) is 2.45. The summed E-state index contributed by atoms with van der Waals surface area (Å²) < 4.78 is 10.6. The Balaban J connectivity index is 4.71. The van der Waals surface area contributed by atoms with Gasteiger partial charge in [0, 0.05) is 0 Å². The van der Waals surface area contributed by atoms with E-state index in [0.717, 1.165) is 19.3 Å². The van der Waals surface area contributed by atoms with Crippen molar-refractivity contribution in [2.45, 2.75) is 84.4 Å². The molecule has 0 aromatic heterocycles. The first-order valence-electron chi connectivity index (χ1n) is 8.49. The smallest absolute Gasteiger partial charge is 0.452 e. The van der Waals surface area contributed by atoms with Gasteiger partial charge in [-0.05, 0) is 23.0 Å². The fraction of sp³-hybridized carbons (Fsp3) is 0.875. The molecule has 0 rings (SSSR count). The van der Waals surface area contributed by atoms with Gasteiger partial charge in [0.1, 0.15) is 0 Å². The van der Waals surface area contributed by atoms with Gasteiger partial charge in [0.15, 0.2) is 0 Å². The highest BCUT2D eigenvalue weighted by molar-refractivity contribution is 6.78. The molecular weight excluding hydrogens is 312 g/mol. The van der Waals surface area contributed by atoms with E-state index in [4.69, 9.17) is 9.16 Å². The Morgan fingerprint density at radius 3 is 1.78 bits per heavy atom. The molecule has 0 atom stereocenters. The molecule has 0 spiro atoms. The number of hydrogen-bond donors (Lipinski definition) is 0. The summed E-state index contributed by atoms with van der Waals surface area (Å²) in [5.74, 6) is 0. The van der Waals surface area contributed by atoms with Crippen molar-refractivity contribution < 1.29 is 18.8 Å². The molecule has 6 nitrogen and oxygen atoms in total. The first-order chi connectivity index (χ1) is 10.7. The second-order valence-corrected chi connectivity index (χ2v) is 12.1. The Kier molecular flexibility index (Phi) is 9.95. The van der Waals surface area contributed by atoms with Crippen LogP contribution in [0.25, 0.3) is 0 Å². The van der Waals surface area contributed by atoms with Crippen molar-refractivity contribution in [2.75, 3.05) is 6.61 Å². The van der Waals surface area contributed by atoms with Gasteiger partial charge in [-0.3, -0.25) is 0 Å². The van der Waals surface area contributed by atoms with E-state index in [1.54, 1.807) is 0 Å².